The normalized spacial score (nSPS) is 10.2. The average molecular weight is 364 g/mol. The van der Waals surface area contributed by atoms with Gasteiger partial charge in [-0.2, -0.15) is 0 Å². The number of nitrogens with one attached hydrogen (secondary N) is 2. The molecule has 2 N–H and O–H groups in total. The molecule has 0 saturated heterocycles. The minimum Gasteiger partial charge on any atom is -0.497 e. The zero-order chi connectivity index (χ0) is 19.1. The molecule has 0 radical (unpaired) electrons. The van der Waals surface area contributed by atoms with Crippen molar-refractivity contribution in [1.82, 2.24) is 10.6 Å². The number of halogens is 2. The smallest absolute Gasteiger partial charge is 0.254 e. The van der Waals surface area contributed by atoms with Gasteiger partial charge in [-0.15, -0.1) is 0 Å². The topological polar surface area (TPSA) is 76.7 Å². The maximum Gasteiger partial charge on any atom is 0.254 e. The van der Waals surface area contributed by atoms with Gasteiger partial charge in [0.05, 0.1) is 19.8 Å². The highest BCUT2D eigenvalue weighted by Crippen LogP contribution is 2.22. The lowest BCUT2D eigenvalue weighted by atomic mass is 10.2. The number of benzene rings is 2. The fourth-order valence-electron chi connectivity index (χ4n) is 2.16. The van der Waals surface area contributed by atoms with Gasteiger partial charge in [0.25, 0.3) is 11.8 Å². The molecule has 0 atom stereocenters. The van der Waals surface area contributed by atoms with Gasteiger partial charge in [0.2, 0.25) is 0 Å². The van der Waals surface area contributed by atoms with Crippen LogP contribution in [0.2, 0.25) is 0 Å². The first-order valence-corrected chi connectivity index (χ1v) is 7.69. The van der Waals surface area contributed by atoms with E-state index in [1.54, 1.807) is 18.2 Å². The Hall–Kier alpha value is -3.16. The summed E-state index contributed by atoms with van der Waals surface area (Å²) in [6.45, 7) is 0.190. The lowest BCUT2D eigenvalue weighted by Gasteiger charge is -2.10. The molecule has 26 heavy (non-hydrogen) atoms. The van der Waals surface area contributed by atoms with Crippen molar-refractivity contribution in [1.29, 1.82) is 0 Å². The molecule has 2 aromatic carbocycles. The lowest BCUT2D eigenvalue weighted by Crippen LogP contribution is -2.35. The SMILES string of the molecule is COc1cc(OC)cc(C(=O)NCCNC(=O)c2ccc(F)cc2F)c1. The highest BCUT2D eigenvalue weighted by molar-refractivity contribution is 5.95. The molecule has 2 amide bonds. The molecule has 0 saturated carbocycles. The highest BCUT2D eigenvalue weighted by atomic mass is 19.1. The Labute approximate surface area is 149 Å². The largest absolute Gasteiger partial charge is 0.497 e. The van der Waals surface area contributed by atoms with E-state index in [-0.39, 0.29) is 24.6 Å². The van der Waals surface area contributed by atoms with Crippen molar-refractivity contribution in [2.45, 2.75) is 0 Å². The monoisotopic (exact) mass is 364 g/mol. The summed E-state index contributed by atoms with van der Waals surface area (Å²) in [6.07, 6.45) is 0. The van der Waals surface area contributed by atoms with Crippen LogP contribution in [-0.2, 0) is 0 Å². The molecule has 8 heteroatoms. The molecule has 0 aliphatic heterocycles. The van der Waals surface area contributed by atoms with Crippen molar-refractivity contribution in [2.75, 3.05) is 27.3 Å². The third-order valence-electron chi connectivity index (χ3n) is 3.49. The molecule has 2 rings (SSSR count). The number of ether oxygens (including phenoxy) is 2. The van der Waals surface area contributed by atoms with E-state index >= 15 is 0 Å². The summed E-state index contributed by atoms with van der Waals surface area (Å²) in [5.74, 6) is -1.86. The predicted molar refractivity (Wildman–Crippen MR) is 90.6 cm³/mol. The molecule has 0 heterocycles. The fraction of sp³-hybridized carbons (Fsp3) is 0.222. The Balaban J connectivity index is 1.87. The maximum atomic E-state index is 13.5. The number of amides is 2. The van der Waals surface area contributed by atoms with Gasteiger partial charge in [-0.1, -0.05) is 0 Å². The molecule has 0 unspecified atom stereocenters. The van der Waals surface area contributed by atoms with Gasteiger partial charge < -0.3 is 20.1 Å². The van der Waals surface area contributed by atoms with Crippen LogP contribution in [0.3, 0.4) is 0 Å². The molecule has 6 nitrogen and oxygen atoms in total. The molecule has 0 aliphatic carbocycles. The van der Waals surface area contributed by atoms with Crippen LogP contribution in [-0.4, -0.2) is 39.1 Å². The molecule has 0 fully saturated rings. The summed E-state index contributed by atoms with van der Waals surface area (Å²) in [5.41, 5.74) is 0.0624. The van der Waals surface area contributed by atoms with Gasteiger partial charge in [0.1, 0.15) is 23.1 Å². The number of hydrogen-bond donors (Lipinski definition) is 2. The van der Waals surface area contributed by atoms with Crippen molar-refractivity contribution < 1.29 is 27.8 Å². The lowest BCUT2D eigenvalue weighted by molar-refractivity contribution is 0.0925. The highest BCUT2D eigenvalue weighted by Gasteiger charge is 2.13. The quantitative estimate of drug-likeness (QED) is 0.738. The van der Waals surface area contributed by atoms with Crippen LogP contribution in [0, 0.1) is 11.6 Å². The zero-order valence-corrected chi connectivity index (χ0v) is 14.3. The van der Waals surface area contributed by atoms with Crippen LogP contribution in [0.1, 0.15) is 20.7 Å². The molecular formula is C18H18F2N2O4. The van der Waals surface area contributed by atoms with Crippen molar-refractivity contribution in [3.05, 3.63) is 59.2 Å². The zero-order valence-electron chi connectivity index (χ0n) is 14.3. The van der Waals surface area contributed by atoms with E-state index in [0.717, 1.165) is 12.1 Å². The van der Waals surface area contributed by atoms with Gasteiger partial charge in [-0.05, 0) is 24.3 Å². The first-order chi connectivity index (χ1) is 12.4. The molecule has 0 spiro atoms. The van der Waals surface area contributed by atoms with Crippen LogP contribution in [0.4, 0.5) is 8.78 Å². The number of carbonyl (C=O) groups excluding carboxylic acids is 2. The fourth-order valence-corrected chi connectivity index (χ4v) is 2.16. The summed E-state index contributed by atoms with van der Waals surface area (Å²) in [4.78, 5) is 24.0. The summed E-state index contributed by atoms with van der Waals surface area (Å²) in [5, 5.41) is 5.06. The van der Waals surface area contributed by atoms with Gasteiger partial charge >= 0.3 is 0 Å². The van der Waals surface area contributed by atoms with Crippen molar-refractivity contribution >= 4 is 11.8 Å². The van der Waals surface area contributed by atoms with E-state index in [0.29, 0.717) is 23.1 Å². The number of hydrogen-bond acceptors (Lipinski definition) is 4. The van der Waals surface area contributed by atoms with Crippen molar-refractivity contribution in [2.24, 2.45) is 0 Å². The third kappa shape index (κ3) is 4.92. The molecular weight excluding hydrogens is 346 g/mol. The Morgan fingerprint density at radius 3 is 2.00 bits per heavy atom. The van der Waals surface area contributed by atoms with Gasteiger partial charge in [-0.25, -0.2) is 8.78 Å². The Morgan fingerprint density at radius 1 is 0.885 bits per heavy atom. The van der Waals surface area contributed by atoms with Crippen LogP contribution in [0.25, 0.3) is 0 Å². The van der Waals surface area contributed by atoms with Crippen LogP contribution >= 0.6 is 0 Å². The molecule has 0 aliphatic rings. The van der Waals surface area contributed by atoms with E-state index in [1.165, 1.54) is 14.2 Å². The Bertz CT molecular complexity index is 790. The standard InChI is InChI=1S/C18H18F2N2O4/c1-25-13-7-11(8-14(10-13)26-2)17(23)21-5-6-22-18(24)15-4-3-12(19)9-16(15)20/h3-4,7-10H,5-6H2,1-2H3,(H,21,23)(H,22,24). The van der Waals surface area contributed by atoms with Crippen LogP contribution in [0.5, 0.6) is 11.5 Å². The van der Waals surface area contributed by atoms with E-state index in [2.05, 4.69) is 10.6 Å². The Kier molecular flexibility index (Phi) is 6.48. The van der Waals surface area contributed by atoms with Crippen molar-refractivity contribution in [3.63, 3.8) is 0 Å². The average Bonchev–Trinajstić information content (AvgIpc) is 2.64. The minimum absolute atomic E-state index is 0.0719. The predicted octanol–water partition coefficient (Wildman–Crippen LogP) is 2.14. The van der Waals surface area contributed by atoms with Crippen LogP contribution < -0.4 is 20.1 Å². The summed E-state index contributed by atoms with van der Waals surface area (Å²) in [6, 6.07) is 7.41. The second-order valence-corrected chi connectivity index (χ2v) is 5.24. The number of rotatable bonds is 7. The van der Waals surface area contributed by atoms with Crippen LogP contribution in [0.15, 0.2) is 36.4 Å². The molecule has 0 bridgehead atoms. The summed E-state index contributed by atoms with van der Waals surface area (Å²) >= 11 is 0. The van der Waals surface area contributed by atoms with E-state index in [4.69, 9.17) is 9.47 Å². The number of methoxy groups -OCH3 is 2. The van der Waals surface area contributed by atoms with E-state index in [1.807, 2.05) is 0 Å². The molecule has 0 aromatic heterocycles. The number of carbonyl (C=O) groups is 2. The van der Waals surface area contributed by atoms with E-state index < -0.39 is 17.5 Å². The minimum atomic E-state index is -0.949. The third-order valence-corrected chi connectivity index (χ3v) is 3.49. The second-order valence-electron chi connectivity index (χ2n) is 5.24. The Morgan fingerprint density at radius 2 is 1.46 bits per heavy atom. The molecule has 138 valence electrons. The maximum absolute atomic E-state index is 13.5. The first kappa shape index (κ1) is 19.2. The summed E-state index contributed by atoms with van der Waals surface area (Å²) in [7, 11) is 2.95. The van der Waals surface area contributed by atoms with Crippen molar-refractivity contribution in [3.8, 4) is 11.5 Å². The summed E-state index contributed by atoms with van der Waals surface area (Å²) < 4.78 is 36.5. The van der Waals surface area contributed by atoms with E-state index in [9.17, 15) is 18.4 Å². The molecule has 2 aromatic rings. The second kappa shape index (κ2) is 8.80. The first-order valence-electron chi connectivity index (χ1n) is 7.69. The van der Waals surface area contributed by atoms with Gasteiger partial charge in [-0.3, -0.25) is 9.59 Å². The van der Waals surface area contributed by atoms with Gasteiger partial charge in [0.15, 0.2) is 0 Å². The van der Waals surface area contributed by atoms with Gasteiger partial charge in [0, 0.05) is 30.8 Å².